The monoisotopic (exact) mass is 494 g/mol. The number of aliphatic imine (C=N–C) groups is 1. The first-order valence-electron chi connectivity index (χ1n) is 12.0. The van der Waals surface area contributed by atoms with Crippen LogP contribution in [0.1, 0.15) is 43.0 Å². The number of carbonyl (C=O) groups is 1. The van der Waals surface area contributed by atoms with E-state index < -0.39 is 11.4 Å². The number of aliphatic hydroxyl groups is 1. The van der Waals surface area contributed by atoms with Crippen molar-refractivity contribution in [2.24, 2.45) is 10.7 Å². The smallest absolute Gasteiger partial charge is 0.296 e. The second-order valence-corrected chi connectivity index (χ2v) is 9.51. The van der Waals surface area contributed by atoms with E-state index in [-0.39, 0.29) is 18.5 Å². The molecule has 0 fully saturated rings. The van der Waals surface area contributed by atoms with E-state index in [1.54, 1.807) is 19.1 Å². The summed E-state index contributed by atoms with van der Waals surface area (Å²) < 4.78 is 0. The Bertz CT molecular complexity index is 1500. The van der Waals surface area contributed by atoms with Crippen LogP contribution in [-0.2, 0) is 10.3 Å². The molecule has 1 amide bonds. The highest BCUT2D eigenvalue weighted by molar-refractivity contribution is 6.22. The fourth-order valence-corrected chi connectivity index (χ4v) is 3.89. The normalized spacial score (nSPS) is 12.6. The number of aliphatic hydroxyl groups excluding tert-OH is 1. The highest BCUT2D eigenvalue weighted by atomic mass is 16.3. The number of fused-ring (bicyclic) bond motifs is 1. The molecular weight excluding hydrogens is 464 g/mol. The molecule has 0 bridgehead atoms. The molecule has 0 aliphatic rings. The molecule has 1 heterocycles. The number of aromatic nitrogens is 1. The molecule has 188 valence electrons. The van der Waals surface area contributed by atoms with E-state index in [1.807, 2.05) is 74.5 Å². The van der Waals surface area contributed by atoms with Crippen molar-refractivity contribution in [1.82, 2.24) is 10.3 Å². The molecule has 0 saturated carbocycles. The van der Waals surface area contributed by atoms with Gasteiger partial charge in [-0.3, -0.25) is 4.79 Å². The summed E-state index contributed by atoms with van der Waals surface area (Å²) in [6.07, 6.45) is 0. The zero-order valence-electron chi connectivity index (χ0n) is 21.0. The average Bonchev–Trinajstić information content (AvgIpc) is 3.20. The minimum Gasteiger partial charge on any atom is -0.494 e. The van der Waals surface area contributed by atoms with E-state index in [2.05, 4.69) is 22.1 Å². The van der Waals surface area contributed by atoms with Gasteiger partial charge in [0.05, 0.1) is 35.1 Å². The second kappa shape index (κ2) is 10.7. The Labute approximate surface area is 216 Å². The first-order chi connectivity index (χ1) is 17.7. The molecule has 1 atom stereocenters. The van der Waals surface area contributed by atoms with Crippen LogP contribution in [0.4, 0.5) is 5.69 Å². The number of hydrogen-bond donors (Lipinski definition) is 5. The number of rotatable bonds is 6. The lowest BCUT2D eigenvalue weighted by Gasteiger charge is -2.19. The minimum atomic E-state index is -0.473. The summed E-state index contributed by atoms with van der Waals surface area (Å²) in [4.78, 5) is 19.9. The summed E-state index contributed by atoms with van der Waals surface area (Å²) in [5.74, 6) is 4.86. The topological polar surface area (TPSA) is 124 Å². The van der Waals surface area contributed by atoms with Crippen molar-refractivity contribution in [1.29, 1.82) is 0 Å². The summed E-state index contributed by atoms with van der Waals surface area (Å²) in [6.45, 7) is 5.43. The molecule has 0 aliphatic heterocycles. The standard InChI is InChI=1S/C30H30N4O3/c1-19(18-35)32-26(36)16-10-20-9-15-24-25(17-20)34-29(37)27(24)28(21-7-5-4-6-8-21)33-23-13-11-22(12-14-23)30(2,3)31/h4-9,11-15,17,19,34-35,37H,18,31H2,1-3H3,(H,32,36)/t19-/m0/s1. The maximum atomic E-state index is 11.9. The van der Waals surface area contributed by atoms with E-state index in [0.717, 1.165) is 22.2 Å². The van der Waals surface area contributed by atoms with Gasteiger partial charge < -0.3 is 26.2 Å². The number of benzene rings is 3. The quantitative estimate of drug-likeness (QED) is 0.205. The van der Waals surface area contributed by atoms with Crippen LogP contribution in [0, 0.1) is 11.8 Å². The number of amides is 1. The van der Waals surface area contributed by atoms with Crippen molar-refractivity contribution in [3.63, 3.8) is 0 Å². The zero-order chi connectivity index (χ0) is 26.6. The third-order valence-corrected chi connectivity index (χ3v) is 5.89. The first kappa shape index (κ1) is 25.7. The van der Waals surface area contributed by atoms with Gasteiger partial charge in [0.25, 0.3) is 5.91 Å². The summed E-state index contributed by atoms with van der Waals surface area (Å²) in [6, 6.07) is 22.4. The third-order valence-electron chi connectivity index (χ3n) is 5.89. The van der Waals surface area contributed by atoms with Crippen molar-refractivity contribution in [3.05, 3.63) is 95.1 Å². The molecule has 7 nitrogen and oxygen atoms in total. The van der Waals surface area contributed by atoms with Crippen LogP contribution in [-0.4, -0.2) is 39.5 Å². The maximum absolute atomic E-state index is 11.9. The van der Waals surface area contributed by atoms with Crippen molar-refractivity contribution in [3.8, 4) is 17.7 Å². The van der Waals surface area contributed by atoms with Crippen LogP contribution in [0.3, 0.4) is 0 Å². The maximum Gasteiger partial charge on any atom is 0.296 e. The SMILES string of the molecule is C[C@@H](CO)NC(=O)C#Cc1ccc2c(C(=Nc3ccc(C(C)(C)N)cc3)c3ccccc3)c(O)[nH]c2c1. The zero-order valence-corrected chi connectivity index (χ0v) is 21.0. The number of hydrogen-bond acceptors (Lipinski definition) is 5. The van der Waals surface area contributed by atoms with Crippen molar-refractivity contribution in [2.45, 2.75) is 32.4 Å². The van der Waals surface area contributed by atoms with Crippen LogP contribution in [0.2, 0.25) is 0 Å². The molecule has 4 aromatic rings. The largest absolute Gasteiger partial charge is 0.494 e. The van der Waals surface area contributed by atoms with E-state index in [0.29, 0.717) is 22.4 Å². The van der Waals surface area contributed by atoms with Gasteiger partial charge in [0.2, 0.25) is 0 Å². The van der Waals surface area contributed by atoms with Gasteiger partial charge in [-0.1, -0.05) is 54.5 Å². The second-order valence-electron chi connectivity index (χ2n) is 9.51. The van der Waals surface area contributed by atoms with Gasteiger partial charge in [-0.05, 0) is 50.6 Å². The van der Waals surface area contributed by atoms with Crippen LogP contribution < -0.4 is 11.1 Å². The fourth-order valence-electron chi connectivity index (χ4n) is 3.89. The predicted octanol–water partition coefficient (Wildman–Crippen LogP) is 4.08. The predicted molar refractivity (Wildman–Crippen MR) is 147 cm³/mol. The number of carbonyl (C=O) groups excluding carboxylic acids is 1. The number of nitrogens with two attached hydrogens (primary N) is 1. The van der Waals surface area contributed by atoms with Crippen LogP contribution in [0.15, 0.2) is 77.8 Å². The van der Waals surface area contributed by atoms with E-state index in [4.69, 9.17) is 15.8 Å². The Hall–Kier alpha value is -4.38. The number of H-pyrrole nitrogens is 1. The lowest BCUT2D eigenvalue weighted by molar-refractivity contribution is -0.116. The lowest BCUT2D eigenvalue weighted by atomic mass is 9.95. The summed E-state index contributed by atoms with van der Waals surface area (Å²) in [5.41, 5.74) is 10.8. The molecule has 0 unspecified atom stereocenters. The van der Waals surface area contributed by atoms with Gasteiger partial charge in [-0.15, -0.1) is 0 Å². The number of nitrogens with zero attached hydrogens (tertiary/aromatic N) is 1. The minimum absolute atomic E-state index is 0.0167. The Morgan fingerprint density at radius 2 is 1.81 bits per heavy atom. The molecule has 0 aliphatic carbocycles. The van der Waals surface area contributed by atoms with Crippen LogP contribution >= 0.6 is 0 Å². The van der Waals surface area contributed by atoms with Gasteiger partial charge in [-0.25, -0.2) is 4.99 Å². The molecule has 3 aromatic carbocycles. The lowest BCUT2D eigenvalue weighted by Crippen LogP contribution is -2.33. The molecule has 37 heavy (non-hydrogen) atoms. The molecular formula is C30H30N4O3. The number of aromatic hydroxyl groups is 1. The van der Waals surface area contributed by atoms with E-state index >= 15 is 0 Å². The molecule has 7 heteroatoms. The molecule has 4 rings (SSSR count). The van der Waals surface area contributed by atoms with Gasteiger partial charge >= 0.3 is 0 Å². The Morgan fingerprint density at radius 3 is 2.46 bits per heavy atom. The summed E-state index contributed by atoms with van der Waals surface area (Å²) >= 11 is 0. The van der Waals surface area contributed by atoms with Crippen LogP contribution in [0.5, 0.6) is 5.88 Å². The average molecular weight is 495 g/mol. The van der Waals surface area contributed by atoms with Gasteiger partial charge in [0.15, 0.2) is 5.88 Å². The van der Waals surface area contributed by atoms with Gasteiger partial charge in [0, 0.05) is 28.0 Å². The Kier molecular flexibility index (Phi) is 7.44. The fraction of sp³-hybridized carbons (Fsp3) is 0.200. The highest BCUT2D eigenvalue weighted by Crippen LogP contribution is 2.32. The van der Waals surface area contributed by atoms with Gasteiger partial charge in [-0.2, -0.15) is 0 Å². The summed E-state index contributed by atoms with van der Waals surface area (Å²) in [7, 11) is 0. The third kappa shape index (κ3) is 6.07. The van der Waals surface area contributed by atoms with E-state index in [1.165, 1.54) is 0 Å². The molecule has 1 aromatic heterocycles. The summed E-state index contributed by atoms with van der Waals surface area (Å²) in [5, 5.41) is 23.4. The van der Waals surface area contributed by atoms with E-state index in [9.17, 15) is 9.90 Å². The van der Waals surface area contributed by atoms with Crippen LogP contribution in [0.25, 0.3) is 10.9 Å². The van der Waals surface area contributed by atoms with Crippen molar-refractivity contribution >= 4 is 28.2 Å². The Balaban J connectivity index is 1.76. The highest BCUT2D eigenvalue weighted by Gasteiger charge is 2.19. The molecule has 6 N–H and O–H groups in total. The molecule has 0 spiro atoms. The number of nitrogens with one attached hydrogen (secondary N) is 2. The number of aromatic amines is 1. The first-order valence-corrected chi connectivity index (χ1v) is 12.0. The van der Waals surface area contributed by atoms with Gasteiger partial charge in [0.1, 0.15) is 0 Å². The van der Waals surface area contributed by atoms with Crippen molar-refractivity contribution in [2.75, 3.05) is 6.61 Å². The molecule has 0 radical (unpaired) electrons. The Morgan fingerprint density at radius 1 is 1.11 bits per heavy atom. The van der Waals surface area contributed by atoms with Crippen molar-refractivity contribution < 1.29 is 15.0 Å². The molecule has 0 saturated heterocycles.